The van der Waals surface area contributed by atoms with Gasteiger partial charge in [-0.05, 0) is 50.1 Å². The number of anilines is 1. The van der Waals surface area contributed by atoms with E-state index < -0.39 is 5.91 Å². The molecule has 34 heavy (non-hydrogen) atoms. The average molecular weight is 500 g/mol. The second-order valence-electron chi connectivity index (χ2n) is 7.86. The summed E-state index contributed by atoms with van der Waals surface area (Å²) in [6.07, 6.45) is 2.15. The monoisotopic (exact) mass is 499 g/mol. The number of carbonyl (C=O) groups is 2. The van der Waals surface area contributed by atoms with E-state index in [-0.39, 0.29) is 18.3 Å². The van der Waals surface area contributed by atoms with Gasteiger partial charge in [-0.3, -0.25) is 9.59 Å². The molecule has 0 unspecified atom stereocenters. The fraction of sp³-hybridized carbons (Fsp3) is 0.240. The maximum atomic E-state index is 13.1. The molecule has 1 aromatic heterocycles. The summed E-state index contributed by atoms with van der Waals surface area (Å²) in [7, 11) is 1.71. The summed E-state index contributed by atoms with van der Waals surface area (Å²) in [5.74, 6) is 0.649. The molecule has 0 fully saturated rings. The van der Waals surface area contributed by atoms with Crippen molar-refractivity contribution in [2.24, 2.45) is 5.10 Å². The standard InChI is InChI=1S/C25H23Cl2N3O4/c1-15-23-19(28-29-22(31)14-33-20-12-11-16(26)13-18(20)27)9-6-10-21(23)34-24(15)25(32)30(2)17-7-4-3-5-8-17/h3-5,7-8,11-13H,6,9-10,14H2,1-2H3,(H,29,31)/b28-19+. The number of nitrogens with zero attached hydrogens (tertiary/aromatic N) is 2. The van der Waals surface area contributed by atoms with Crippen molar-refractivity contribution in [1.29, 1.82) is 0 Å². The Morgan fingerprint density at radius 2 is 1.91 bits per heavy atom. The predicted octanol–water partition coefficient (Wildman–Crippen LogP) is 5.41. The number of hydrogen-bond acceptors (Lipinski definition) is 5. The van der Waals surface area contributed by atoms with E-state index in [9.17, 15) is 9.59 Å². The van der Waals surface area contributed by atoms with Crippen LogP contribution in [0.3, 0.4) is 0 Å². The number of furan rings is 1. The molecule has 0 atom stereocenters. The van der Waals surface area contributed by atoms with Crippen LogP contribution in [-0.4, -0.2) is 31.2 Å². The van der Waals surface area contributed by atoms with Crippen LogP contribution in [0, 0.1) is 6.92 Å². The van der Waals surface area contributed by atoms with Gasteiger partial charge in [0.2, 0.25) is 0 Å². The van der Waals surface area contributed by atoms with Crippen molar-refractivity contribution >= 4 is 46.4 Å². The third-order valence-electron chi connectivity index (χ3n) is 5.54. The van der Waals surface area contributed by atoms with Crippen LogP contribution in [0.5, 0.6) is 5.75 Å². The normalized spacial score (nSPS) is 13.9. The molecule has 0 radical (unpaired) electrons. The van der Waals surface area contributed by atoms with E-state index >= 15 is 0 Å². The lowest BCUT2D eigenvalue weighted by atomic mass is 9.93. The van der Waals surface area contributed by atoms with Gasteiger partial charge in [0.25, 0.3) is 11.8 Å². The molecule has 1 heterocycles. The molecule has 2 aromatic carbocycles. The number of ether oxygens (including phenoxy) is 1. The minimum atomic E-state index is -0.438. The number of para-hydroxylation sites is 1. The molecule has 1 N–H and O–H groups in total. The molecule has 9 heteroatoms. The molecular weight excluding hydrogens is 477 g/mol. The van der Waals surface area contributed by atoms with Crippen LogP contribution in [0.15, 0.2) is 58.0 Å². The first-order valence-corrected chi connectivity index (χ1v) is 11.5. The largest absolute Gasteiger partial charge is 0.482 e. The minimum Gasteiger partial charge on any atom is -0.482 e. The quantitative estimate of drug-likeness (QED) is 0.459. The van der Waals surface area contributed by atoms with Crippen molar-refractivity contribution in [2.45, 2.75) is 26.2 Å². The smallest absolute Gasteiger partial charge is 0.294 e. The molecule has 4 rings (SSSR count). The maximum absolute atomic E-state index is 13.1. The Bertz CT molecular complexity index is 1250. The van der Waals surface area contributed by atoms with E-state index in [0.29, 0.717) is 45.7 Å². The molecule has 2 amide bonds. The lowest BCUT2D eigenvalue weighted by Crippen LogP contribution is -2.27. The molecule has 0 bridgehead atoms. The molecule has 176 valence electrons. The highest BCUT2D eigenvalue weighted by Crippen LogP contribution is 2.31. The van der Waals surface area contributed by atoms with Crippen LogP contribution < -0.4 is 15.1 Å². The number of rotatable bonds is 6. The molecule has 0 aliphatic heterocycles. The Morgan fingerprint density at radius 3 is 2.65 bits per heavy atom. The Labute approximate surface area is 207 Å². The number of hydrazone groups is 1. The number of aryl methyl sites for hydroxylation is 1. The Kier molecular flexibility index (Phi) is 7.24. The highest BCUT2D eigenvalue weighted by Gasteiger charge is 2.29. The summed E-state index contributed by atoms with van der Waals surface area (Å²) in [6, 6.07) is 14.1. The maximum Gasteiger partial charge on any atom is 0.294 e. The van der Waals surface area contributed by atoms with Crippen LogP contribution >= 0.6 is 23.2 Å². The van der Waals surface area contributed by atoms with Gasteiger partial charge in [0.05, 0.1) is 10.7 Å². The van der Waals surface area contributed by atoms with Crippen LogP contribution in [-0.2, 0) is 11.2 Å². The first kappa shape index (κ1) is 23.9. The van der Waals surface area contributed by atoms with E-state index in [2.05, 4.69) is 10.5 Å². The zero-order chi connectivity index (χ0) is 24.2. The SMILES string of the molecule is Cc1c(C(=O)N(C)c2ccccc2)oc2c1/C(=N/NC(=O)COc1ccc(Cl)cc1Cl)CCC2. The first-order chi connectivity index (χ1) is 16.3. The number of carbonyl (C=O) groups excluding carboxylic acids is 2. The van der Waals surface area contributed by atoms with Crippen molar-refractivity contribution < 1.29 is 18.7 Å². The van der Waals surface area contributed by atoms with Gasteiger partial charge in [0.15, 0.2) is 12.4 Å². The number of amides is 2. The van der Waals surface area contributed by atoms with Crippen molar-refractivity contribution in [1.82, 2.24) is 5.43 Å². The van der Waals surface area contributed by atoms with Crippen molar-refractivity contribution in [3.8, 4) is 5.75 Å². The number of hydrogen-bond donors (Lipinski definition) is 1. The lowest BCUT2D eigenvalue weighted by molar-refractivity contribution is -0.123. The third kappa shape index (κ3) is 5.11. The molecule has 1 aliphatic rings. The summed E-state index contributed by atoms with van der Waals surface area (Å²) >= 11 is 11.9. The summed E-state index contributed by atoms with van der Waals surface area (Å²) in [5.41, 5.74) is 5.45. The van der Waals surface area contributed by atoms with Crippen LogP contribution in [0.1, 0.15) is 40.3 Å². The van der Waals surface area contributed by atoms with Gasteiger partial charge in [0, 0.05) is 35.3 Å². The van der Waals surface area contributed by atoms with Gasteiger partial charge >= 0.3 is 0 Å². The second kappa shape index (κ2) is 10.3. The van der Waals surface area contributed by atoms with E-state index in [1.165, 1.54) is 6.07 Å². The van der Waals surface area contributed by atoms with Crippen LogP contribution in [0.4, 0.5) is 5.69 Å². The van der Waals surface area contributed by atoms with Crippen LogP contribution in [0.2, 0.25) is 10.0 Å². The molecular formula is C25H23Cl2N3O4. The molecule has 0 saturated carbocycles. The molecule has 1 aliphatic carbocycles. The highest BCUT2D eigenvalue weighted by molar-refractivity contribution is 6.35. The summed E-state index contributed by atoms with van der Waals surface area (Å²) in [5, 5.41) is 5.10. The van der Waals surface area contributed by atoms with Gasteiger partial charge < -0.3 is 14.1 Å². The molecule has 0 spiro atoms. The fourth-order valence-corrected chi connectivity index (χ4v) is 4.27. The van der Waals surface area contributed by atoms with Crippen molar-refractivity contribution in [3.05, 3.63) is 81.2 Å². The van der Waals surface area contributed by atoms with Gasteiger partial charge in [-0.1, -0.05) is 41.4 Å². The summed E-state index contributed by atoms with van der Waals surface area (Å²) in [6.45, 7) is 1.57. The van der Waals surface area contributed by atoms with E-state index in [1.807, 2.05) is 37.3 Å². The Morgan fingerprint density at radius 1 is 1.15 bits per heavy atom. The topological polar surface area (TPSA) is 84.1 Å². The summed E-state index contributed by atoms with van der Waals surface area (Å²) in [4.78, 5) is 27.0. The van der Waals surface area contributed by atoms with Gasteiger partial charge in [-0.25, -0.2) is 5.43 Å². The number of nitrogens with one attached hydrogen (secondary N) is 1. The van der Waals surface area contributed by atoms with Crippen LogP contribution in [0.25, 0.3) is 0 Å². The second-order valence-corrected chi connectivity index (χ2v) is 8.71. The minimum absolute atomic E-state index is 0.241. The fourth-order valence-electron chi connectivity index (χ4n) is 3.80. The first-order valence-electron chi connectivity index (χ1n) is 10.7. The predicted molar refractivity (Wildman–Crippen MR) is 132 cm³/mol. The number of fused-ring (bicyclic) bond motifs is 1. The van der Waals surface area contributed by atoms with E-state index in [1.54, 1.807) is 24.1 Å². The lowest BCUT2D eigenvalue weighted by Gasteiger charge is -2.16. The Balaban J connectivity index is 1.47. The Hall–Kier alpha value is -3.29. The molecule has 7 nitrogen and oxygen atoms in total. The molecule has 3 aromatic rings. The zero-order valence-electron chi connectivity index (χ0n) is 18.7. The van der Waals surface area contributed by atoms with Crippen molar-refractivity contribution in [3.63, 3.8) is 0 Å². The number of halogens is 2. The zero-order valence-corrected chi connectivity index (χ0v) is 20.2. The highest BCUT2D eigenvalue weighted by atomic mass is 35.5. The summed E-state index contributed by atoms with van der Waals surface area (Å²) < 4.78 is 11.4. The van der Waals surface area contributed by atoms with Gasteiger partial charge in [0.1, 0.15) is 11.5 Å². The van der Waals surface area contributed by atoms with E-state index in [0.717, 1.165) is 17.7 Å². The van der Waals surface area contributed by atoms with Gasteiger partial charge in [-0.2, -0.15) is 5.10 Å². The van der Waals surface area contributed by atoms with Gasteiger partial charge in [-0.15, -0.1) is 0 Å². The average Bonchev–Trinajstić information content (AvgIpc) is 3.18. The molecule has 0 saturated heterocycles. The van der Waals surface area contributed by atoms with Crippen molar-refractivity contribution in [2.75, 3.05) is 18.6 Å². The van der Waals surface area contributed by atoms with E-state index in [4.69, 9.17) is 32.4 Å². The third-order valence-corrected chi connectivity index (χ3v) is 6.07. The number of benzene rings is 2.